The molecule has 0 aliphatic carbocycles. The molecule has 2 radical (unpaired) electrons. The molecule has 0 unspecified atom stereocenters. The van der Waals surface area contributed by atoms with E-state index in [2.05, 4.69) is 13.8 Å². The maximum Gasteiger partial charge on any atom is 1.00 e. The summed E-state index contributed by atoms with van der Waals surface area (Å²) in [5, 5.41) is 2.85. The molecule has 0 aliphatic heterocycles. The molecule has 0 saturated heterocycles. The van der Waals surface area contributed by atoms with Crippen molar-refractivity contribution >= 4 is 15.2 Å². The smallest absolute Gasteiger partial charge is 0.263 e. The first-order valence-electron chi connectivity index (χ1n) is 2.23. The predicted molar refractivity (Wildman–Crippen MR) is 26.7 cm³/mol. The van der Waals surface area contributed by atoms with E-state index in [-0.39, 0.29) is 29.6 Å². The summed E-state index contributed by atoms with van der Waals surface area (Å²) in [7, 11) is 0. The van der Waals surface area contributed by atoms with Crippen molar-refractivity contribution in [1.82, 2.24) is 0 Å². The summed E-state index contributed by atoms with van der Waals surface area (Å²) in [6.45, 7) is 4.50. The zero-order chi connectivity index (χ0) is 4.12. The molecule has 0 nitrogen and oxygen atoms in total. The Balaban J connectivity index is 0. The Morgan fingerprint density at radius 2 is 1.50 bits per heavy atom. The van der Waals surface area contributed by atoms with Gasteiger partial charge in [0.05, 0.1) is 0 Å². The zero-order valence-corrected chi connectivity index (χ0v) is 8.15. The Labute approximate surface area is 68.7 Å². The molecule has 6 heavy (non-hydrogen) atoms. The molecule has 0 amide bonds. The fourth-order valence-corrected chi connectivity index (χ4v) is 0.866. The Hall–Kier alpha value is 1.53. The van der Waals surface area contributed by atoms with E-state index < -0.39 is 0 Å². The Bertz CT molecular complexity index is 15.0. The van der Waals surface area contributed by atoms with Crippen molar-refractivity contribution in [3.63, 3.8) is 0 Å². The maximum atomic E-state index is 2.25. The molecule has 0 fully saturated rings. The Morgan fingerprint density at radius 1 is 1.17 bits per heavy atom. The molecule has 0 aromatic heterocycles. The quantitative estimate of drug-likeness (QED) is 0.380. The van der Waals surface area contributed by atoms with Crippen LogP contribution in [0.2, 0.25) is 10.6 Å². The van der Waals surface area contributed by atoms with Crippen LogP contribution in [0.15, 0.2) is 0 Å². The predicted octanol–water partition coefficient (Wildman–Crippen LogP) is -1.43. The molecule has 0 saturated carbocycles. The zero-order valence-electron chi connectivity index (χ0n) is 4.99. The van der Waals surface area contributed by atoms with Crippen molar-refractivity contribution in [2.75, 3.05) is 0 Å². The van der Waals surface area contributed by atoms with Crippen molar-refractivity contribution in [1.29, 1.82) is 0 Å². The van der Waals surface area contributed by atoms with E-state index >= 15 is 0 Å². The fraction of sp³-hybridized carbons (Fsp3) is 1.00. The van der Waals surface area contributed by atoms with Crippen LogP contribution < -0.4 is 29.6 Å². The fourth-order valence-electron chi connectivity index (χ4n) is 0.289. The number of hydrogen-bond acceptors (Lipinski definition) is 0. The second kappa shape index (κ2) is 9.73. The molecule has 0 heterocycles. The second-order valence-corrected chi connectivity index (χ2v) is 3.32. The molecule has 0 aromatic carbocycles. The molecule has 0 N–H and O–H groups in total. The molecular formula is C4H10AlNa. The monoisotopic (exact) mass is 108 g/mol. The molecule has 2 heteroatoms. The van der Waals surface area contributed by atoms with Gasteiger partial charge in [-0.25, -0.2) is 0 Å². The van der Waals surface area contributed by atoms with Crippen molar-refractivity contribution in [2.45, 2.75) is 24.4 Å². The summed E-state index contributed by atoms with van der Waals surface area (Å²) in [6.07, 6.45) is 0. The van der Waals surface area contributed by atoms with Crippen molar-refractivity contribution in [3.8, 4) is 0 Å². The molecule has 0 aliphatic rings. The first kappa shape index (κ1) is 10.5. The summed E-state index contributed by atoms with van der Waals surface area (Å²) in [5.74, 6) is 0. The Morgan fingerprint density at radius 3 is 1.50 bits per heavy atom. The summed E-state index contributed by atoms with van der Waals surface area (Å²) in [6, 6.07) is 0. The van der Waals surface area contributed by atoms with Crippen LogP contribution in [0.4, 0.5) is 0 Å². The van der Waals surface area contributed by atoms with Gasteiger partial charge in [0.15, 0.2) is 0 Å². The molecule has 0 atom stereocenters. The summed E-state index contributed by atoms with van der Waals surface area (Å²) in [4.78, 5) is 0. The molecule has 30 valence electrons. The molecule has 0 bridgehead atoms. The van der Waals surface area contributed by atoms with E-state index in [0.29, 0.717) is 0 Å². The molecular weight excluding hydrogens is 98.0 g/mol. The van der Waals surface area contributed by atoms with Gasteiger partial charge in [0.2, 0.25) is 0 Å². The van der Waals surface area contributed by atoms with Crippen LogP contribution in [0.25, 0.3) is 0 Å². The van der Waals surface area contributed by atoms with Gasteiger partial charge in [0.1, 0.15) is 0 Å². The molecule has 0 rings (SSSR count). The minimum Gasteiger partial charge on any atom is -0.263 e. The van der Waals surface area contributed by atoms with E-state index in [1.807, 2.05) is 0 Å². The second-order valence-electron chi connectivity index (χ2n) is 1.11. The largest absolute Gasteiger partial charge is 1.00 e. The minimum absolute atomic E-state index is 0. The summed E-state index contributed by atoms with van der Waals surface area (Å²) < 4.78 is 0. The van der Waals surface area contributed by atoms with Crippen LogP contribution in [0.3, 0.4) is 0 Å². The van der Waals surface area contributed by atoms with Crippen LogP contribution in [0, 0.1) is 0 Å². The van der Waals surface area contributed by atoms with Gasteiger partial charge >= 0.3 is 29.6 Å². The maximum absolute atomic E-state index is 2.25. The van der Waals surface area contributed by atoms with E-state index in [4.69, 9.17) is 0 Å². The minimum atomic E-state index is 0. The number of hydrogen-bond donors (Lipinski definition) is 0. The third kappa shape index (κ3) is 9.11. The first-order chi connectivity index (χ1) is 2.41. The molecule has 0 spiro atoms. The average Bonchev–Trinajstić information content (AvgIpc) is 1.41. The van der Waals surface area contributed by atoms with Gasteiger partial charge < -0.3 is 0 Å². The van der Waals surface area contributed by atoms with Crippen LogP contribution in [-0.2, 0) is 0 Å². The van der Waals surface area contributed by atoms with E-state index in [1.165, 1.54) is 10.6 Å². The normalized spacial score (nSPS) is 7.00. The van der Waals surface area contributed by atoms with Gasteiger partial charge in [-0.05, 0) is 0 Å². The van der Waals surface area contributed by atoms with Gasteiger partial charge in [0, 0.05) is 0 Å². The third-order valence-corrected chi connectivity index (χ3v) is 1.73. The van der Waals surface area contributed by atoms with Crippen molar-refractivity contribution < 1.29 is 29.6 Å². The number of rotatable bonds is 2. The van der Waals surface area contributed by atoms with Crippen LogP contribution in [0.1, 0.15) is 13.8 Å². The summed E-state index contributed by atoms with van der Waals surface area (Å²) in [5.41, 5.74) is 0. The topological polar surface area (TPSA) is 0 Å². The molecule has 0 aromatic rings. The van der Waals surface area contributed by atoms with Crippen LogP contribution in [0.5, 0.6) is 0 Å². The van der Waals surface area contributed by atoms with Crippen molar-refractivity contribution in [2.24, 2.45) is 0 Å². The summed E-state index contributed by atoms with van der Waals surface area (Å²) >= 11 is 0.815. The van der Waals surface area contributed by atoms with E-state index in [9.17, 15) is 0 Å². The van der Waals surface area contributed by atoms with Gasteiger partial charge in [-0.15, -0.1) is 13.8 Å². The van der Waals surface area contributed by atoms with Gasteiger partial charge in [-0.1, -0.05) is 0 Å². The van der Waals surface area contributed by atoms with Crippen molar-refractivity contribution in [3.05, 3.63) is 0 Å². The average molecular weight is 108 g/mol. The van der Waals surface area contributed by atoms with Gasteiger partial charge in [-0.3, -0.25) is 25.8 Å². The van der Waals surface area contributed by atoms with E-state index in [1.54, 1.807) is 0 Å². The Kier molecular flexibility index (Phi) is 17.0. The van der Waals surface area contributed by atoms with Gasteiger partial charge in [-0.2, -0.15) is 0 Å². The van der Waals surface area contributed by atoms with Crippen LogP contribution in [-0.4, -0.2) is 15.2 Å². The van der Waals surface area contributed by atoms with Crippen LogP contribution >= 0.6 is 0 Å². The SMILES string of the molecule is C[CH2][Al-][CH2]C.[Na+]. The van der Waals surface area contributed by atoms with Gasteiger partial charge in [0.25, 0.3) is 0 Å². The van der Waals surface area contributed by atoms with E-state index in [0.717, 1.165) is 15.2 Å². The standard InChI is InChI=1S/2C2H5.Al.Na/c2*1-2;;/h2*1H2,2H3;;/q;;-1;+1. The third-order valence-electron chi connectivity index (χ3n) is 0.577. The first-order valence-corrected chi connectivity index (χ1v) is 3.86.